The molecular weight excluding hydrogens is 305 g/mol. The van der Waals surface area contributed by atoms with E-state index >= 15 is 0 Å². The normalized spacial score (nSPS) is 18.9. The Morgan fingerprint density at radius 2 is 2.21 bits per heavy atom. The Morgan fingerprint density at radius 3 is 2.79 bits per heavy atom. The summed E-state index contributed by atoms with van der Waals surface area (Å²) < 4.78 is 0. The minimum absolute atomic E-state index is 0.0899. The highest BCUT2D eigenvalue weighted by Gasteiger charge is 2.27. The van der Waals surface area contributed by atoms with Gasteiger partial charge in [-0.1, -0.05) is 23.2 Å². The molecule has 0 bridgehead atoms. The van der Waals surface area contributed by atoms with Crippen LogP contribution < -0.4 is 0 Å². The molecule has 1 aliphatic heterocycles. The van der Waals surface area contributed by atoms with Gasteiger partial charge in [0.25, 0.3) is 5.91 Å². The molecule has 1 unspecified atom stereocenters. The average Bonchev–Trinajstić information content (AvgIpc) is 2.87. The van der Waals surface area contributed by atoms with E-state index in [1.807, 2.05) is 6.26 Å². The zero-order valence-electron chi connectivity index (χ0n) is 10.5. The van der Waals surface area contributed by atoms with E-state index in [0.717, 1.165) is 11.3 Å². The lowest BCUT2D eigenvalue weighted by molar-refractivity contribution is 0.0782. The summed E-state index contributed by atoms with van der Waals surface area (Å²) in [6.45, 7) is 1.37. The lowest BCUT2D eigenvalue weighted by atomic mass is 10.1. The SMILES string of the molecule is CSc1cc(C(=O)N2CCC(CO)C2)c(Cl)cc1Cl. The first kappa shape index (κ1) is 15.0. The number of hydrogen-bond donors (Lipinski definition) is 1. The van der Waals surface area contributed by atoms with Crippen LogP contribution in [-0.4, -0.2) is 41.9 Å². The maximum absolute atomic E-state index is 12.4. The predicted molar refractivity (Wildman–Crippen MR) is 79.3 cm³/mol. The van der Waals surface area contributed by atoms with Crippen molar-refractivity contribution < 1.29 is 9.90 Å². The number of thioether (sulfide) groups is 1. The van der Waals surface area contributed by atoms with Gasteiger partial charge in [0, 0.05) is 30.5 Å². The molecular formula is C13H15Cl2NO2S. The highest BCUT2D eigenvalue weighted by Crippen LogP contribution is 2.32. The van der Waals surface area contributed by atoms with E-state index in [2.05, 4.69) is 0 Å². The van der Waals surface area contributed by atoms with Crippen LogP contribution in [0.2, 0.25) is 10.0 Å². The average molecular weight is 320 g/mol. The molecule has 1 atom stereocenters. The molecule has 19 heavy (non-hydrogen) atoms. The molecule has 1 fully saturated rings. The topological polar surface area (TPSA) is 40.5 Å². The molecule has 1 heterocycles. The molecule has 1 amide bonds. The molecule has 0 aliphatic carbocycles. The molecule has 104 valence electrons. The zero-order valence-corrected chi connectivity index (χ0v) is 12.9. The fourth-order valence-corrected chi connectivity index (χ4v) is 3.37. The smallest absolute Gasteiger partial charge is 0.255 e. The van der Waals surface area contributed by atoms with Gasteiger partial charge in [0.05, 0.1) is 15.6 Å². The Hall–Kier alpha value is -0.420. The molecule has 0 saturated carbocycles. The van der Waals surface area contributed by atoms with Crippen LogP contribution in [-0.2, 0) is 0 Å². The second-order valence-corrected chi connectivity index (χ2v) is 6.22. The maximum atomic E-state index is 12.4. The summed E-state index contributed by atoms with van der Waals surface area (Å²) in [5.41, 5.74) is 0.481. The molecule has 1 aliphatic rings. The Kier molecular flexibility index (Phi) is 5.01. The van der Waals surface area contributed by atoms with Gasteiger partial charge in [0.15, 0.2) is 0 Å². The number of aliphatic hydroxyl groups is 1. The van der Waals surface area contributed by atoms with E-state index in [9.17, 15) is 4.79 Å². The van der Waals surface area contributed by atoms with Gasteiger partial charge in [-0.05, 0) is 24.8 Å². The lowest BCUT2D eigenvalue weighted by Crippen LogP contribution is -2.29. The number of halogens is 2. The fraction of sp³-hybridized carbons (Fsp3) is 0.462. The first-order valence-corrected chi connectivity index (χ1v) is 7.98. The van der Waals surface area contributed by atoms with Crippen LogP contribution in [0.4, 0.5) is 0 Å². The Morgan fingerprint density at radius 1 is 1.47 bits per heavy atom. The van der Waals surface area contributed by atoms with Crippen molar-refractivity contribution in [3.8, 4) is 0 Å². The lowest BCUT2D eigenvalue weighted by Gasteiger charge is -2.17. The number of likely N-dealkylation sites (tertiary alicyclic amines) is 1. The summed E-state index contributed by atoms with van der Waals surface area (Å²) in [4.78, 5) is 15.0. The van der Waals surface area contributed by atoms with Crippen LogP contribution in [0.5, 0.6) is 0 Å². The van der Waals surface area contributed by atoms with E-state index in [4.69, 9.17) is 28.3 Å². The van der Waals surface area contributed by atoms with Gasteiger partial charge in [-0.25, -0.2) is 0 Å². The van der Waals surface area contributed by atoms with Crippen molar-refractivity contribution in [3.05, 3.63) is 27.7 Å². The standard InChI is InChI=1S/C13H15Cl2NO2S/c1-19-12-4-9(10(14)5-11(12)15)13(18)16-3-2-8(6-16)7-17/h4-5,8,17H,2-3,6-7H2,1H3. The van der Waals surface area contributed by atoms with Crippen LogP contribution in [0.3, 0.4) is 0 Å². The molecule has 6 heteroatoms. The maximum Gasteiger partial charge on any atom is 0.255 e. The number of rotatable bonds is 3. The summed E-state index contributed by atoms with van der Waals surface area (Å²) in [5.74, 6) is 0.0861. The number of hydrogen-bond acceptors (Lipinski definition) is 3. The van der Waals surface area contributed by atoms with E-state index in [-0.39, 0.29) is 18.4 Å². The number of benzene rings is 1. The summed E-state index contributed by atoms with van der Waals surface area (Å²) in [6.07, 6.45) is 2.74. The third kappa shape index (κ3) is 3.19. The van der Waals surface area contributed by atoms with Gasteiger partial charge in [-0.2, -0.15) is 0 Å². The third-order valence-electron chi connectivity index (χ3n) is 3.30. The second-order valence-electron chi connectivity index (χ2n) is 4.56. The van der Waals surface area contributed by atoms with Gasteiger partial charge in [0.1, 0.15) is 0 Å². The molecule has 1 aromatic rings. The summed E-state index contributed by atoms with van der Waals surface area (Å²) >= 11 is 13.6. The van der Waals surface area contributed by atoms with E-state index in [0.29, 0.717) is 28.7 Å². The zero-order chi connectivity index (χ0) is 14.0. The van der Waals surface area contributed by atoms with Gasteiger partial charge < -0.3 is 10.0 Å². The predicted octanol–water partition coefficient (Wildman–Crippen LogP) is 3.17. The van der Waals surface area contributed by atoms with E-state index in [1.165, 1.54) is 11.8 Å². The summed E-state index contributed by atoms with van der Waals surface area (Å²) in [6, 6.07) is 3.35. The molecule has 0 spiro atoms. The number of carbonyl (C=O) groups is 1. The number of amides is 1. The van der Waals surface area contributed by atoms with E-state index < -0.39 is 0 Å². The molecule has 1 N–H and O–H groups in total. The Labute approximate surface area is 126 Å². The van der Waals surface area contributed by atoms with Crippen molar-refractivity contribution in [1.29, 1.82) is 0 Å². The minimum Gasteiger partial charge on any atom is -0.396 e. The van der Waals surface area contributed by atoms with Crippen LogP contribution in [0, 0.1) is 5.92 Å². The van der Waals surface area contributed by atoms with Crippen LogP contribution in [0.25, 0.3) is 0 Å². The van der Waals surface area contributed by atoms with Gasteiger partial charge in [-0.3, -0.25) is 4.79 Å². The molecule has 3 nitrogen and oxygen atoms in total. The van der Waals surface area contributed by atoms with Crippen molar-refractivity contribution in [2.45, 2.75) is 11.3 Å². The molecule has 0 aromatic heterocycles. The van der Waals surface area contributed by atoms with Crippen molar-refractivity contribution in [3.63, 3.8) is 0 Å². The highest BCUT2D eigenvalue weighted by molar-refractivity contribution is 7.98. The van der Waals surface area contributed by atoms with Crippen LogP contribution in [0.15, 0.2) is 17.0 Å². The molecule has 2 rings (SSSR count). The van der Waals surface area contributed by atoms with Crippen molar-refractivity contribution in [1.82, 2.24) is 4.90 Å². The summed E-state index contributed by atoms with van der Waals surface area (Å²) in [5, 5.41) is 10.1. The Balaban J connectivity index is 2.24. The largest absolute Gasteiger partial charge is 0.396 e. The van der Waals surface area contributed by atoms with E-state index in [1.54, 1.807) is 17.0 Å². The number of aliphatic hydroxyl groups excluding tert-OH is 1. The van der Waals surface area contributed by atoms with Crippen molar-refractivity contribution >= 4 is 40.9 Å². The quantitative estimate of drug-likeness (QED) is 0.870. The van der Waals surface area contributed by atoms with Crippen LogP contribution in [0.1, 0.15) is 16.8 Å². The minimum atomic E-state index is -0.0899. The number of carbonyl (C=O) groups excluding carboxylic acids is 1. The monoisotopic (exact) mass is 319 g/mol. The van der Waals surface area contributed by atoms with Gasteiger partial charge in [-0.15, -0.1) is 11.8 Å². The van der Waals surface area contributed by atoms with Gasteiger partial charge in [0.2, 0.25) is 0 Å². The molecule has 1 saturated heterocycles. The fourth-order valence-electron chi connectivity index (χ4n) is 2.19. The first-order chi connectivity index (χ1) is 9.06. The number of nitrogens with zero attached hydrogens (tertiary/aromatic N) is 1. The second kappa shape index (κ2) is 6.35. The first-order valence-electron chi connectivity index (χ1n) is 6.00. The third-order valence-corrected chi connectivity index (χ3v) is 4.82. The highest BCUT2D eigenvalue weighted by atomic mass is 35.5. The summed E-state index contributed by atoms with van der Waals surface area (Å²) in [7, 11) is 0. The molecule has 1 aromatic carbocycles. The van der Waals surface area contributed by atoms with Crippen LogP contribution >= 0.6 is 35.0 Å². The van der Waals surface area contributed by atoms with Crippen molar-refractivity contribution in [2.24, 2.45) is 5.92 Å². The molecule has 0 radical (unpaired) electrons. The van der Waals surface area contributed by atoms with Gasteiger partial charge >= 0.3 is 0 Å². The van der Waals surface area contributed by atoms with Crippen molar-refractivity contribution in [2.75, 3.05) is 26.0 Å². The Bertz CT molecular complexity index is 496.